The maximum atomic E-state index is 11.7. The first kappa shape index (κ1) is 22.3. The van der Waals surface area contributed by atoms with E-state index >= 15 is 0 Å². The second-order valence-electron chi connectivity index (χ2n) is 6.75. The fourth-order valence-electron chi connectivity index (χ4n) is 3.03. The van der Waals surface area contributed by atoms with Crippen LogP contribution in [0.15, 0.2) is 4.99 Å². The molecule has 0 spiro atoms. The Bertz CT molecular complexity index is 436. The number of hydrogen-bond acceptors (Lipinski definition) is 4. The summed E-state index contributed by atoms with van der Waals surface area (Å²) in [5, 5.41) is 3.30. The zero-order valence-electron chi connectivity index (χ0n) is 15.5. The zero-order chi connectivity index (χ0) is 17.4. The SMILES string of the molecule is CCOCCC1(CN=C(N)NC2CCN(C(=O)OCC)CC2)CC1.I. The number of piperidine rings is 1. The molecule has 1 aliphatic heterocycles. The Morgan fingerprint density at radius 3 is 2.52 bits per heavy atom. The Kier molecular flexibility index (Phi) is 9.84. The third-order valence-corrected chi connectivity index (χ3v) is 4.90. The van der Waals surface area contributed by atoms with Crippen LogP contribution >= 0.6 is 24.0 Å². The van der Waals surface area contributed by atoms with E-state index in [0.29, 0.717) is 31.1 Å². The van der Waals surface area contributed by atoms with E-state index in [2.05, 4.69) is 10.3 Å². The highest BCUT2D eigenvalue weighted by atomic mass is 127. The van der Waals surface area contributed by atoms with Crippen molar-refractivity contribution in [2.75, 3.05) is 39.5 Å². The quantitative estimate of drug-likeness (QED) is 0.247. The van der Waals surface area contributed by atoms with Gasteiger partial charge in [0.1, 0.15) is 0 Å². The van der Waals surface area contributed by atoms with Crippen LogP contribution in [0.3, 0.4) is 0 Å². The molecule has 2 aliphatic rings. The fourth-order valence-corrected chi connectivity index (χ4v) is 3.03. The van der Waals surface area contributed by atoms with Crippen LogP contribution in [-0.2, 0) is 9.47 Å². The number of hydrogen-bond donors (Lipinski definition) is 2. The minimum atomic E-state index is -0.220. The minimum absolute atomic E-state index is 0. The standard InChI is InChI=1S/C17H32N4O3.HI/c1-3-23-12-9-17(7-8-17)13-19-15(18)20-14-5-10-21(11-6-14)16(22)24-4-2;/h14H,3-13H2,1-2H3,(H3,18,19,20);1H. The average molecular weight is 468 g/mol. The summed E-state index contributed by atoms with van der Waals surface area (Å²) in [6.07, 6.45) is 5.01. The lowest BCUT2D eigenvalue weighted by Crippen LogP contribution is -2.48. The highest BCUT2D eigenvalue weighted by molar-refractivity contribution is 14.0. The number of nitrogens with two attached hydrogens (primary N) is 1. The maximum absolute atomic E-state index is 11.7. The van der Waals surface area contributed by atoms with Crippen molar-refractivity contribution in [2.24, 2.45) is 16.1 Å². The molecule has 0 aromatic rings. The lowest BCUT2D eigenvalue weighted by atomic mass is 10.0. The van der Waals surface area contributed by atoms with Gasteiger partial charge in [-0.2, -0.15) is 0 Å². The third kappa shape index (κ3) is 7.55. The maximum Gasteiger partial charge on any atom is 0.409 e. The monoisotopic (exact) mass is 468 g/mol. The fraction of sp³-hybridized carbons (Fsp3) is 0.882. The van der Waals surface area contributed by atoms with E-state index in [-0.39, 0.29) is 36.1 Å². The van der Waals surface area contributed by atoms with E-state index < -0.39 is 0 Å². The number of nitrogens with zero attached hydrogens (tertiary/aromatic N) is 2. The Hall–Kier alpha value is -0.770. The van der Waals surface area contributed by atoms with Gasteiger partial charge in [-0.25, -0.2) is 4.79 Å². The minimum Gasteiger partial charge on any atom is -0.450 e. The summed E-state index contributed by atoms with van der Waals surface area (Å²) in [6.45, 7) is 8.02. The van der Waals surface area contributed by atoms with Crippen molar-refractivity contribution in [1.82, 2.24) is 10.2 Å². The summed E-state index contributed by atoms with van der Waals surface area (Å²) >= 11 is 0. The van der Waals surface area contributed by atoms with E-state index in [4.69, 9.17) is 15.2 Å². The highest BCUT2D eigenvalue weighted by Gasteiger charge is 2.41. The summed E-state index contributed by atoms with van der Waals surface area (Å²) in [5.74, 6) is 0.521. The van der Waals surface area contributed by atoms with Crippen LogP contribution in [0.4, 0.5) is 4.79 Å². The summed E-state index contributed by atoms with van der Waals surface area (Å²) in [5.41, 5.74) is 6.35. The number of carbonyl (C=O) groups excluding carboxylic acids is 1. The zero-order valence-corrected chi connectivity index (χ0v) is 17.8. The lowest BCUT2D eigenvalue weighted by molar-refractivity contribution is 0.0963. The summed E-state index contributed by atoms with van der Waals surface area (Å²) < 4.78 is 10.5. The molecule has 0 radical (unpaired) electrons. The van der Waals surface area contributed by atoms with Crippen molar-refractivity contribution >= 4 is 36.0 Å². The molecule has 7 nitrogen and oxygen atoms in total. The van der Waals surface area contributed by atoms with Crippen LogP contribution in [0.25, 0.3) is 0 Å². The first-order valence-electron chi connectivity index (χ1n) is 9.14. The summed E-state index contributed by atoms with van der Waals surface area (Å²) in [6, 6.07) is 0.276. The molecule has 1 saturated carbocycles. The number of guanidine groups is 1. The van der Waals surface area contributed by atoms with Gasteiger partial charge >= 0.3 is 6.09 Å². The molecule has 3 N–H and O–H groups in total. The smallest absolute Gasteiger partial charge is 0.409 e. The van der Waals surface area contributed by atoms with Crippen LogP contribution in [-0.4, -0.2) is 62.4 Å². The molecular weight excluding hydrogens is 435 g/mol. The predicted molar refractivity (Wildman–Crippen MR) is 109 cm³/mol. The van der Waals surface area contributed by atoms with Crippen LogP contribution in [0, 0.1) is 5.41 Å². The molecule has 146 valence electrons. The second-order valence-corrected chi connectivity index (χ2v) is 6.75. The molecule has 8 heteroatoms. The summed E-state index contributed by atoms with van der Waals surface area (Å²) in [4.78, 5) is 18.0. The van der Waals surface area contributed by atoms with Gasteiger partial charge in [0.25, 0.3) is 0 Å². The molecule has 0 unspecified atom stereocenters. The van der Waals surface area contributed by atoms with E-state index in [9.17, 15) is 4.79 Å². The Morgan fingerprint density at radius 2 is 1.96 bits per heavy atom. The first-order chi connectivity index (χ1) is 11.6. The number of amides is 1. The number of rotatable bonds is 8. The normalized spacial score (nSPS) is 19.9. The predicted octanol–water partition coefficient (Wildman–Crippen LogP) is 2.34. The van der Waals surface area contributed by atoms with Crippen LogP contribution < -0.4 is 11.1 Å². The van der Waals surface area contributed by atoms with Gasteiger partial charge in [-0.1, -0.05) is 0 Å². The number of halogens is 1. The number of carbonyl (C=O) groups is 1. The number of likely N-dealkylation sites (tertiary alicyclic amines) is 1. The van der Waals surface area contributed by atoms with E-state index in [0.717, 1.165) is 39.0 Å². The molecule has 0 aromatic heterocycles. The first-order valence-corrected chi connectivity index (χ1v) is 9.14. The molecule has 25 heavy (non-hydrogen) atoms. The van der Waals surface area contributed by atoms with Gasteiger partial charge in [0.15, 0.2) is 5.96 Å². The highest BCUT2D eigenvalue weighted by Crippen LogP contribution is 2.48. The van der Waals surface area contributed by atoms with Gasteiger partial charge in [0.2, 0.25) is 0 Å². The van der Waals surface area contributed by atoms with Gasteiger partial charge < -0.3 is 25.4 Å². The van der Waals surface area contributed by atoms with Crippen molar-refractivity contribution in [1.29, 1.82) is 0 Å². The Labute approximate surface area is 168 Å². The number of aliphatic imine (C=N–C) groups is 1. The van der Waals surface area contributed by atoms with Crippen molar-refractivity contribution in [3.8, 4) is 0 Å². The molecular formula is C17H33IN4O3. The van der Waals surface area contributed by atoms with Gasteiger partial charge in [-0.15, -0.1) is 24.0 Å². The molecule has 1 amide bonds. The number of nitrogens with one attached hydrogen (secondary N) is 1. The van der Waals surface area contributed by atoms with Crippen LogP contribution in [0.5, 0.6) is 0 Å². The van der Waals surface area contributed by atoms with Crippen molar-refractivity contribution in [2.45, 2.75) is 52.0 Å². The van der Waals surface area contributed by atoms with Gasteiger partial charge in [0.05, 0.1) is 6.61 Å². The average Bonchev–Trinajstić information content (AvgIpc) is 3.34. The van der Waals surface area contributed by atoms with Crippen molar-refractivity contribution < 1.29 is 14.3 Å². The molecule has 0 aromatic carbocycles. The molecule has 1 heterocycles. The van der Waals surface area contributed by atoms with Crippen molar-refractivity contribution in [3.05, 3.63) is 0 Å². The van der Waals surface area contributed by atoms with Crippen LogP contribution in [0.1, 0.15) is 46.0 Å². The molecule has 2 fully saturated rings. The number of ether oxygens (including phenoxy) is 2. The molecule has 1 saturated heterocycles. The van der Waals surface area contributed by atoms with Crippen molar-refractivity contribution in [3.63, 3.8) is 0 Å². The van der Waals surface area contributed by atoms with Gasteiger partial charge in [-0.05, 0) is 51.4 Å². The molecule has 0 bridgehead atoms. The molecule has 2 rings (SSSR count). The molecule has 1 aliphatic carbocycles. The van der Waals surface area contributed by atoms with Crippen LogP contribution in [0.2, 0.25) is 0 Å². The Balaban J connectivity index is 0.00000312. The van der Waals surface area contributed by atoms with Gasteiger partial charge in [0, 0.05) is 38.9 Å². The second kappa shape index (κ2) is 11.1. The Morgan fingerprint density at radius 1 is 1.28 bits per heavy atom. The topological polar surface area (TPSA) is 89.2 Å². The largest absolute Gasteiger partial charge is 0.450 e. The lowest BCUT2D eigenvalue weighted by Gasteiger charge is -2.31. The molecule has 0 atom stereocenters. The van der Waals surface area contributed by atoms with Gasteiger partial charge in [-0.3, -0.25) is 4.99 Å². The third-order valence-electron chi connectivity index (χ3n) is 4.90. The van der Waals surface area contributed by atoms with E-state index in [1.54, 1.807) is 4.90 Å². The van der Waals surface area contributed by atoms with E-state index in [1.165, 1.54) is 12.8 Å². The van der Waals surface area contributed by atoms with E-state index in [1.807, 2.05) is 13.8 Å². The summed E-state index contributed by atoms with van der Waals surface area (Å²) in [7, 11) is 0.